The zero-order valence-electron chi connectivity index (χ0n) is 21.5. The second kappa shape index (κ2) is 8.61. The lowest BCUT2D eigenvalue weighted by Gasteiger charge is -2.60. The van der Waals surface area contributed by atoms with E-state index in [1.165, 1.54) is 25.7 Å². The monoisotopic (exact) mass is 508 g/mol. The molecule has 4 unspecified atom stereocenters. The second-order valence-corrected chi connectivity index (χ2v) is 12.7. The van der Waals surface area contributed by atoms with E-state index in [4.69, 9.17) is 11.6 Å². The molecular weight excluding hydrogens is 472 g/mol. The van der Waals surface area contributed by atoms with Crippen molar-refractivity contribution in [1.82, 2.24) is 20.2 Å². The highest BCUT2D eigenvalue weighted by atomic mass is 35.5. The van der Waals surface area contributed by atoms with E-state index >= 15 is 0 Å². The highest BCUT2D eigenvalue weighted by Crippen LogP contribution is 2.65. The van der Waals surface area contributed by atoms with Crippen LogP contribution in [0.3, 0.4) is 0 Å². The van der Waals surface area contributed by atoms with Gasteiger partial charge in [-0.3, -0.25) is 9.59 Å². The Morgan fingerprint density at radius 1 is 1.19 bits per heavy atom. The fraction of sp³-hybridized carbons (Fsp3) is 0.621. The van der Waals surface area contributed by atoms with Gasteiger partial charge in [0.2, 0.25) is 11.8 Å². The number of aromatic nitrogens is 2. The van der Waals surface area contributed by atoms with Gasteiger partial charge in [0.05, 0.1) is 17.6 Å². The quantitative estimate of drug-likeness (QED) is 0.574. The number of carbonyl (C=O) groups excluding carboxylic acids is 2. The number of fused-ring (bicyclic) bond motifs is 6. The predicted molar refractivity (Wildman–Crippen MR) is 141 cm³/mol. The molecule has 0 spiro atoms. The summed E-state index contributed by atoms with van der Waals surface area (Å²) in [6.07, 6.45) is 11.7. The molecule has 3 saturated carbocycles. The first-order valence-corrected chi connectivity index (χ1v) is 13.9. The lowest BCUT2D eigenvalue weighted by atomic mass is 9.47. The number of benzene rings is 1. The van der Waals surface area contributed by atoms with E-state index in [1.54, 1.807) is 0 Å². The maximum atomic E-state index is 13.0. The van der Waals surface area contributed by atoms with Crippen LogP contribution in [0.2, 0.25) is 5.02 Å². The molecule has 2 heterocycles. The average Bonchev–Trinajstić information content (AvgIpc) is 3.40. The van der Waals surface area contributed by atoms with Crippen molar-refractivity contribution < 1.29 is 9.59 Å². The Morgan fingerprint density at radius 2 is 2.03 bits per heavy atom. The SMILES string of the molecule is CN1C(=O)C=C[C@]2(C)C3CC[C@@]4(C)C(CC[C@@H]4CC(=O)NCc4nc5ccc(Cl)cc5[nH]4)C3CCC12. The molecule has 3 aliphatic carbocycles. The van der Waals surface area contributed by atoms with Gasteiger partial charge in [-0.25, -0.2) is 4.98 Å². The number of H-pyrrole nitrogens is 1. The predicted octanol–water partition coefficient (Wildman–Crippen LogP) is 5.48. The maximum absolute atomic E-state index is 13.0. The van der Waals surface area contributed by atoms with Crippen LogP contribution < -0.4 is 5.32 Å². The van der Waals surface area contributed by atoms with Gasteiger partial charge in [-0.15, -0.1) is 0 Å². The lowest BCUT2D eigenvalue weighted by molar-refractivity contribution is -0.139. The summed E-state index contributed by atoms with van der Waals surface area (Å²) >= 11 is 6.08. The Bertz CT molecular complexity index is 1240. The normalized spacial score (nSPS) is 37.5. The third-order valence-corrected chi connectivity index (χ3v) is 10.9. The van der Waals surface area contributed by atoms with Gasteiger partial charge in [0.25, 0.3) is 0 Å². The Labute approximate surface area is 218 Å². The number of hydrogen-bond acceptors (Lipinski definition) is 3. The number of halogens is 1. The van der Waals surface area contributed by atoms with Crippen molar-refractivity contribution in [3.05, 3.63) is 41.2 Å². The molecule has 0 radical (unpaired) electrons. The minimum absolute atomic E-state index is 0.0686. The fourth-order valence-electron chi connectivity index (χ4n) is 8.78. The fourth-order valence-corrected chi connectivity index (χ4v) is 8.95. The van der Waals surface area contributed by atoms with Crippen LogP contribution in [0.1, 0.15) is 64.6 Å². The third kappa shape index (κ3) is 3.70. The van der Waals surface area contributed by atoms with Gasteiger partial charge in [-0.1, -0.05) is 31.5 Å². The van der Waals surface area contributed by atoms with Gasteiger partial charge in [0, 0.05) is 29.9 Å². The minimum Gasteiger partial charge on any atom is -0.349 e. The van der Waals surface area contributed by atoms with Crippen molar-refractivity contribution in [2.45, 2.75) is 71.4 Å². The van der Waals surface area contributed by atoms with Crippen LogP contribution in [0.5, 0.6) is 0 Å². The topological polar surface area (TPSA) is 78.1 Å². The molecule has 2 N–H and O–H groups in total. The first kappa shape index (κ1) is 24.0. The second-order valence-electron chi connectivity index (χ2n) is 12.3. The van der Waals surface area contributed by atoms with E-state index < -0.39 is 0 Å². The molecule has 6 nitrogen and oxygen atoms in total. The van der Waals surface area contributed by atoms with E-state index in [1.807, 2.05) is 36.2 Å². The summed E-state index contributed by atoms with van der Waals surface area (Å²) in [6, 6.07) is 5.90. The smallest absolute Gasteiger partial charge is 0.246 e. The highest BCUT2D eigenvalue weighted by molar-refractivity contribution is 6.31. The Morgan fingerprint density at radius 3 is 2.86 bits per heavy atom. The van der Waals surface area contributed by atoms with E-state index in [2.05, 4.69) is 35.2 Å². The summed E-state index contributed by atoms with van der Waals surface area (Å²) in [5.41, 5.74) is 2.04. The molecule has 6 rings (SSSR count). The molecule has 2 aromatic rings. The number of hydrogen-bond donors (Lipinski definition) is 2. The van der Waals surface area contributed by atoms with Crippen molar-refractivity contribution in [1.29, 1.82) is 0 Å². The average molecular weight is 509 g/mol. The number of rotatable bonds is 4. The summed E-state index contributed by atoms with van der Waals surface area (Å²) < 4.78 is 0. The Balaban J connectivity index is 1.12. The van der Waals surface area contributed by atoms with Crippen LogP contribution in [-0.2, 0) is 16.1 Å². The Kier molecular flexibility index (Phi) is 5.75. The van der Waals surface area contributed by atoms with Gasteiger partial charge < -0.3 is 15.2 Å². The lowest BCUT2D eigenvalue weighted by Crippen LogP contribution is -2.59. The minimum atomic E-state index is 0.0686. The van der Waals surface area contributed by atoms with Gasteiger partial charge in [0.1, 0.15) is 5.82 Å². The first-order chi connectivity index (χ1) is 17.2. The Hall–Kier alpha value is -2.34. The molecule has 3 fully saturated rings. The molecule has 4 aliphatic rings. The number of carbonyl (C=O) groups is 2. The van der Waals surface area contributed by atoms with Gasteiger partial charge in [-0.05, 0) is 91.9 Å². The molecule has 192 valence electrons. The van der Waals surface area contributed by atoms with E-state index in [9.17, 15) is 9.59 Å². The largest absolute Gasteiger partial charge is 0.349 e. The number of aromatic amines is 1. The number of amides is 2. The number of imidazole rings is 1. The molecule has 2 amide bonds. The molecule has 1 aliphatic heterocycles. The van der Waals surface area contributed by atoms with Crippen LogP contribution >= 0.6 is 11.6 Å². The molecule has 0 bridgehead atoms. The summed E-state index contributed by atoms with van der Waals surface area (Å²) in [5, 5.41) is 3.78. The number of nitrogens with one attached hydrogen (secondary N) is 2. The van der Waals surface area contributed by atoms with Crippen molar-refractivity contribution >= 4 is 34.4 Å². The highest BCUT2D eigenvalue weighted by Gasteiger charge is 2.60. The first-order valence-electron chi connectivity index (χ1n) is 13.6. The van der Waals surface area contributed by atoms with Crippen molar-refractivity contribution in [2.75, 3.05) is 7.05 Å². The van der Waals surface area contributed by atoms with Gasteiger partial charge >= 0.3 is 0 Å². The van der Waals surface area contributed by atoms with E-state index in [0.717, 1.165) is 29.7 Å². The molecule has 7 atom stereocenters. The van der Waals surface area contributed by atoms with Crippen LogP contribution in [0.4, 0.5) is 0 Å². The van der Waals surface area contributed by atoms with Gasteiger partial charge in [0.15, 0.2) is 0 Å². The van der Waals surface area contributed by atoms with Crippen molar-refractivity contribution in [2.24, 2.45) is 34.5 Å². The summed E-state index contributed by atoms with van der Waals surface area (Å²) in [7, 11) is 1.98. The van der Waals surface area contributed by atoms with Gasteiger partial charge in [-0.2, -0.15) is 0 Å². The summed E-state index contributed by atoms with van der Waals surface area (Å²) in [4.78, 5) is 35.2. The van der Waals surface area contributed by atoms with Crippen LogP contribution in [0.25, 0.3) is 11.0 Å². The number of nitrogens with zero attached hydrogens (tertiary/aromatic N) is 2. The van der Waals surface area contributed by atoms with Crippen LogP contribution in [-0.4, -0.2) is 39.8 Å². The van der Waals surface area contributed by atoms with E-state index in [-0.39, 0.29) is 22.6 Å². The molecule has 7 heteroatoms. The third-order valence-electron chi connectivity index (χ3n) is 10.7. The van der Waals surface area contributed by atoms with E-state index in [0.29, 0.717) is 47.7 Å². The molecule has 0 saturated heterocycles. The molecular formula is C29H37ClN4O2. The zero-order chi connectivity index (χ0) is 25.2. The zero-order valence-corrected chi connectivity index (χ0v) is 22.3. The van der Waals surface area contributed by atoms with Crippen LogP contribution in [0.15, 0.2) is 30.4 Å². The van der Waals surface area contributed by atoms with Crippen molar-refractivity contribution in [3.8, 4) is 0 Å². The molecule has 1 aromatic heterocycles. The molecule has 36 heavy (non-hydrogen) atoms. The maximum Gasteiger partial charge on any atom is 0.246 e. The standard InChI is InChI=1S/C29H37ClN4O2/c1-28-12-10-21-19(6-9-24-29(21,2)13-11-27(36)34(24)3)20(28)7-4-17(28)14-26(35)31-16-25-32-22-8-5-18(30)15-23(22)33-25/h5,8,11,13,15,17,19-21,24H,4,6-7,9-10,12,14,16H2,1-3H3,(H,31,35)(H,32,33)/t17-,19?,20?,21?,24?,28-,29-/m1/s1. The summed E-state index contributed by atoms with van der Waals surface area (Å²) in [5.74, 6) is 3.42. The van der Waals surface area contributed by atoms with Crippen LogP contribution in [0, 0.1) is 34.5 Å². The summed E-state index contributed by atoms with van der Waals surface area (Å²) in [6.45, 7) is 5.26. The molecule has 1 aromatic carbocycles. The number of likely N-dealkylation sites (N-methyl/N-ethyl adjacent to an activating group) is 1. The van der Waals surface area contributed by atoms with Crippen molar-refractivity contribution in [3.63, 3.8) is 0 Å².